The molecular weight excluding hydrogens is 334 g/mol. The second-order valence-electron chi connectivity index (χ2n) is 7.66. The Balaban J connectivity index is 1.45. The molecule has 2 aromatic rings. The van der Waals surface area contributed by atoms with Crippen molar-refractivity contribution in [3.63, 3.8) is 0 Å². The Labute approximate surface area is 160 Å². The third kappa shape index (κ3) is 3.37. The van der Waals surface area contributed by atoms with Crippen LogP contribution < -0.4 is 5.32 Å². The van der Waals surface area contributed by atoms with Crippen molar-refractivity contribution in [2.24, 2.45) is 0 Å². The van der Waals surface area contributed by atoms with Crippen LogP contribution in [-0.4, -0.2) is 10.2 Å². The highest BCUT2D eigenvalue weighted by atomic mass is 16.3. The fourth-order valence-electron chi connectivity index (χ4n) is 3.87. The zero-order valence-corrected chi connectivity index (χ0v) is 15.6. The SMILES string of the molecule is C=C(NC1=CCC(c2cccc(C)c2)C=C1)C1(c2ccc(O)c(O)c2)CC1. The molecule has 1 fully saturated rings. The number of phenolic OH excluding ortho intramolecular Hbond substituents is 2. The Kier molecular flexibility index (Phi) is 4.31. The van der Waals surface area contributed by atoms with E-state index in [1.165, 1.54) is 11.1 Å². The molecule has 0 heterocycles. The Morgan fingerprint density at radius 3 is 2.56 bits per heavy atom. The van der Waals surface area contributed by atoms with Gasteiger partial charge in [-0.2, -0.15) is 0 Å². The molecule has 1 atom stereocenters. The Hall–Kier alpha value is -2.94. The zero-order chi connectivity index (χ0) is 19.0. The van der Waals surface area contributed by atoms with Gasteiger partial charge < -0.3 is 15.5 Å². The quantitative estimate of drug-likeness (QED) is 0.646. The summed E-state index contributed by atoms with van der Waals surface area (Å²) in [6.07, 6.45) is 9.55. The summed E-state index contributed by atoms with van der Waals surface area (Å²) in [5, 5.41) is 22.9. The first-order chi connectivity index (χ1) is 13.0. The number of allylic oxidation sites excluding steroid dienone is 4. The molecule has 2 aliphatic rings. The van der Waals surface area contributed by atoms with E-state index in [2.05, 4.69) is 61.3 Å². The molecule has 4 rings (SSSR count). The Morgan fingerprint density at radius 2 is 1.93 bits per heavy atom. The summed E-state index contributed by atoms with van der Waals surface area (Å²) in [4.78, 5) is 0. The van der Waals surface area contributed by atoms with E-state index in [9.17, 15) is 10.2 Å². The van der Waals surface area contributed by atoms with Crippen molar-refractivity contribution in [1.82, 2.24) is 5.32 Å². The lowest BCUT2D eigenvalue weighted by Gasteiger charge is -2.24. The van der Waals surface area contributed by atoms with Crippen LogP contribution in [0.5, 0.6) is 11.5 Å². The summed E-state index contributed by atoms with van der Waals surface area (Å²) in [6.45, 7) is 6.39. The molecule has 2 aliphatic carbocycles. The smallest absolute Gasteiger partial charge is 0.157 e. The molecule has 0 spiro atoms. The van der Waals surface area contributed by atoms with Crippen LogP contribution in [0, 0.1) is 6.92 Å². The van der Waals surface area contributed by atoms with Crippen molar-refractivity contribution < 1.29 is 10.2 Å². The number of nitrogens with one attached hydrogen (secondary N) is 1. The van der Waals surface area contributed by atoms with Gasteiger partial charge in [0.15, 0.2) is 11.5 Å². The van der Waals surface area contributed by atoms with Gasteiger partial charge in [-0.25, -0.2) is 0 Å². The topological polar surface area (TPSA) is 52.5 Å². The van der Waals surface area contributed by atoms with Crippen LogP contribution in [0.1, 0.15) is 41.9 Å². The minimum absolute atomic E-state index is 0.0793. The maximum Gasteiger partial charge on any atom is 0.157 e. The first-order valence-electron chi connectivity index (χ1n) is 9.42. The van der Waals surface area contributed by atoms with E-state index in [1.54, 1.807) is 12.1 Å². The molecule has 0 radical (unpaired) electrons. The van der Waals surface area contributed by atoms with Gasteiger partial charge in [-0.1, -0.05) is 54.6 Å². The Bertz CT molecular complexity index is 951. The highest BCUT2D eigenvalue weighted by Crippen LogP contribution is 2.53. The number of hydrogen-bond acceptors (Lipinski definition) is 3. The normalized spacial score (nSPS) is 20.0. The number of hydrogen-bond donors (Lipinski definition) is 3. The third-order valence-electron chi connectivity index (χ3n) is 5.72. The highest BCUT2D eigenvalue weighted by Gasteiger charge is 2.47. The minimum Gasteiger partial charge on any atom is -0.504 e. The van der Waals surface area contributed by atoms with Crippen LogP contribution in [0.25, 0.3) is 0 Å². The number of benzene rings is 2. The van der Waals surface area contributed by atoms with Crippen molar-refractivity contribution in [2.45, 2.75) is 37.5 Å². The summed E-state index contributed by atoms with van der Waals surface area (Å²) in [5.74, 6) is 0.241. The summed E-state index contributed by atoms with van der Waals surface area (Å²) >= 11 is 0. The van der Waals surface area contributed by atoms with Crippen molar-refractivity contribution >= 4 is 0 Å². The lowest BCUT2D eigenvalue weighted by molar-refractivity contribution is 0.402. The maximum absolute atomic E-state index is 9.83. The van der Waals surface area contributed by atoms with E-state index in [1.807, 2.05) is 6.07 Å². The number of phenols is 2. The first-order valence-corrected chi connectivity index (χ1v) is 9.42. The van der Waals surface area contributed by atoms with Gasteiger partial charge in [0.1, 0.15) is 0 Å². The van der Waals surface area contributed by atoms with Gasteiger partial charge in [0.05, 0.1) is 0 Å². The molecule has 2 aromatic carbocycles. The summed E-state index contributed by atoms with van der Waals surface area (Å²) < 4.78 is 0. The van der Waals surface area contributed by atoms with Crippen molar-refractivity contribution in [1.29, 1.82) is 0 Å². The van der Waals surface area contributed by atoms with Gasteiger partial charge in [0.25, 0.3) is 0 Å². The van der Waals surface area contributed by atoms with E-state index < -0.39 is 0 Å². The van der Waals surface area contributed by atoms with Crippen molar-refractivity contribution in [3.8, 4) is 11.5 Å². The van der Waals surface area contributed by atoms with E-state index in [4.69, 9.17) is 0 Å². The molecule has 3 nitrogen and oxygen atoms in total. The standard InChI is InChI=1S/C24H25NO2/c1-16-4-3-5-19(14-16)18-6-9-21(10-7-18)25-17(2)24(12-13-24)20-8-11-22(26)23(27)15-20/h3-6,8-11,14-15,18,25-27H,2,7,12-13H2,1H3. The predicted octanol–water partition coefficient (Wildman–Crippen LogP) is 5.17. The zero-order valence-electron chi connectivity index (χ0n) is 15.6. The second-order valence-corrected chi connectivity index (χ2v) is 7.66. The van der Waals surface area contributed by atoms with Crippen LogP contribution in [0.2, 0.25) is 0 Å². The molecule has 0 aliphatic heterocycles. The number of rotatable bonds is 5. The first kappa shape index (κ1) is 17.5. The van der Waals surface area contributed by atoms with Gasteiger partial charge in [0.2, 0.25) is 0 Å². The number of aromatic hydroxyl groups is 2. The fourth-order valence-corrected chi connectivity index (χ4v) is 3.87. The van der Waals surface area contributed by atoms with E-state index in [0.717, 1.165) is 36.2 Å². The van der Waals surface area contributed by atoms with E-state index in [0.29, 0.717) is 5.92 Å². The van der Waals surface area contributed by atoms with Gasteiger partial charge in [-0.15, -0.1) is 0 Å². The molecular formula is C24H25NO2. The molecule has 0 bridgehead atoms. The molecule has 0 amide bonds. The molecule has 3 N–H and O–H groups in total. The molecule has 3 heteroatoms. The molecule has 138 valence electrons. The van der Waals surface area contributed by atoms with Crippen LogP contribution in [-0.2, 0) is 5.41 Å². The monoisotopic (exact) mass is 359 g/mol. The van der Waals surface area contributed by atoms with Gasteiger partial charge >= 0.3 is 0 Å². The predicted molar refractivity (Wildman–Crippen MR) is 109 cm³/mol. The van der Waals surface area contributed by atoms with Crippen LogP contribution >= 0.6 is 0 Å². The van der Waals surface area contributed by atoms with Gasteiger partial charge in [0, 0.05) is 22.7 Å². The van der Waals surface area contributed by atoms with Gasteiger partial charge in [-0.3, -0.25) is 0 Å². The largest absolute Gasteiger partial charge is 0.504 e. The second kappa shape index (κ2) is 6.66. The number of aryl methyl sites for hydroxylation is 1. The van der Waals surface area contributed by atoms with Crippen LogP contribution in [0.4, 0.5) is 0 Å². The summed E-state index contributed by atoms with van der Waals surface area (Å²) in [5.41, 5.74) is 5.48. The van der Waals surface area contributed by atoms with Crippen molar-refractivity contribution in [3.05, 3.63) is 95.4 Å². The molecule has 0 aromatic heterocycles. The van der Waals surface area contributed by atoms with Crippen LogP contribution in [0.15, 0.2) is 78.7 Å². The van der Waals surface area contributed by atoms with E-state index in [-0.39, 0.29) is 16.9 Å². The Morgan fingerprint density at radius 1 is 1.11 bits per heavy atom. The van der Waals surface area contributed by atoms with E-state index >= 15 is 0 Å². The highest BCUT2D eigenvalue weighted by molar-refractivity contribution is 5.50. The summed E-state index contributed by atoms with van der Waals surface area (Å²) in [7, 11) is 0. The average molecular weight is 359 g/mol. The lowest BCUT2D eigenvalue weighted by atomic mass is 9.90. The molecule has 27 heavy (non-hydrogen) atoms. The van der Waals surface area contributed by atoms with Crippen molar-refractivity contribution in [2.75, 3.05) is 0 Å². The molecule has 1 saturated carbocycles. The molecule has 1 unspecified atom stereocenters. The summed E-state index contributed by atoms with van der Waals surface area (Å²) in [6, 6.07) is 13.7. The van der Waals surface area contributed by atoms with Crippen LogP contribution in [0.3, 0.4) is 0 Å². The third-order valence-corrected chi connectivity index (χ3v) is 5.72. The average Bonchev–Trinajstić information content (AvgIpc) is 3.47. The van der Waals surface area contributed by atoms with Gasteiger partial charge in [-0.05, 0) is 55.5 Å². The minimum atomic E-state index is -0.159. The lowest BCUT2D eigenvalue weighted by Crippen LogP contribution is -2.23. The fraction of sp³-hybridized carbons (Fsp3) is 0.250. The molecule has 0 saturated heterocycles. The maximum atomic E-state index is 9.83.